The second-order valence-corrected chi connectivity index (χ2v) is 7.98. The number of rotatable bonds is 6. The summed E-state index contributed by atoms with van der Waals surface area (Å²) >= 11 is 0. The van der Waals surface area contributed by atoms with Crippen LogP contribution in [0.15, 0.2) is 24.4 Å². The van der Waals surface area contributed by atoms with Gasteiger partial charge in [0, 0.05) is 23.5 Å². The third kappa shape index (κ3) is 4.65. The lowest BCUT2D eigenvalue weighted by molar-refractivity contribution is 0.564. The summed E-state index contributed by atoms with van der Waals surface area (Å²) in [5.74, 6) is 0.914. The van der Waals surface area contributed by atoms with Gasteiger partial charge in [0.2, 0.25) is 0 Å². The van der Waals surface area contributed by atoms with E-state index in [-0.39, 0.29) is 17.7 Å². The first-order chi connectivity index (χ1) is 11.7. The van der Waals surface area contributed by atoms with Gasteiger partial charge in [-0.15, -0.1) is 0 Å². The van der Waals surface area contributed by atoms with Crippen molar-refractivity contribution in [1.29, 1.82) is 0 Å². The van der Waals surface area contributed by atoms with E-state index in [9.17, 15) is 4.39 Å². The van der Waals surface area contributed by atoms with Crippen LogP contribution in [-0.4, -0.2) is 9.97 Å². The van der Waals surface area contributed by atoms with Gasteiger partial charge in [0.05, 0.1) is 5.69 Å². The van der Waals surface area contributed by atoms with Crippen molar-refractivity contribution in [1.82, 2.24) is 9.97 Å². The molecule has 2 aromatic rings. The van der Waals surface area contributed by atoms with Gasteiger partial charge in [-0.1, -0.05) is 54.5 Å². The molecule has 2 aromatic heterocycles. The zero-order chi connectivity index (χ0) is 18.7. The normalized spacial score (nSPS) is 13.1. The first-order valence-corrected chi connectivity index (χ1v) is 9.35. The van der Waals surface area contributed by atoms with Crippen molar-refractivity contribution in [2.75, 3.05) is 0 Å². The van der Waals surface area contributed by atoms with Crippen LogP contribution in [0.5, 0.6) is 0 Å². The van der Waals surface area contributed by atoms with E-state index in [0.29, 0.717) is 24.0 Å². The van der Waals surface area contributed by atoms with Gasteiger partial charge in [0.1, 0.15) is 5.82 Å². The molecule has 0 aliphatic carbocycles. The molecule has 0 spiro atoms. The van der Waals surface area contributed by atoms with Gasteiger partial charge in [0.15, 0.2) is 0 Å². The van der Waals surface area contributed by atoms with E-state index >= 15 is 0 Å². The molecule has 2 heterocycles. The predicted octanol–water partition coefficient (Wildman–Crippen LogP) is 6.33. The van der Waals surface area contributed by atoms with Crippen molar-refractivity contribution in [3.8, 4) is 0 Å². The van der Waals surface area contributed by atoms with Gasteiger partial charge >= 0.3 is 0 Å². The Morgan fingerprint density at radius 2 is 1.56 bits per heavy atom. The minimum atomic E-state index is -0.207. The molecule has 3 heteroatoms. The molecule has 0 fully saturated rings. The number of hydrogen-bond acceptors (Lipinski definition) is 2. The van der Waals surface area contributed by atoms with Crippen molar-refractivity contribution in [2.45, 2.75) is 78.6 Å². The Morgan fingerprint density at radius 3 is 2.08 bits per heavy atom. The molecule has 0 aromatic carbocycles. The quantitative estimate of drug-likeness (QED) is 0.613. The Hall–Kier alpha value is -1.77. The molecule has 0 aliphatic heterocycles. The van der Waals surface area contributed by atoms with Crippen LogP contribution < -0.4 is 0 Å². The zero-order valence-electron chi connectivity index (χ0n) is 16.6. The number of aromatic nitrogens is 2. The SMILES string of the molecule is CC(C)c1cnc(C(C)Cc2ccc(C(C)C)c(C(C)C)n2)c(F)c1. The summed E-state index contributed by atoms with van der Waals surface area (Å²) in [4.78, 5) is 9.28. The van der Waals surface area contributed by atoms with Crippen molar-refractivity contribution < 1.29 is 4.39 Å². The number of pyridine rings is 2. The van der Waals surface area contributed by atoms with E-state index in [2.05, 4.69) is 44.8 Å². The molecule has 2 rings (SSSR count). The Balaban J connectivity index is 2.26. The van der Waals surface area contributed by atoms with Gasteiger partial charge in [-0.3, -0.25) is 9.97 Å². The van der Waals surface area contributed by atoms with E-state index in [1.807, 2.05) is 20.8 Å². The van der Waals surface area contributed by atoms with E-state index in [1.165, 1.54) is 5.56 Å². The van der Waals surface area contributed by atoms with Crippen LogP contribution in [0.2, 0.25) is 0 Å². The molecule has 0 saturated heterocycles. The fourth-order valence-electron chi connectivity index (χ4n) is 3.14. The van der Waals surface area contributed by atoms with Crippen LogP contribution >= 0.6 is 0 Å². The highest BCUT2D eigenvalue weighted by Gasteiger charge is 2.18. The monoisotopic (exact) mass is 342 g/mol. The lowest BCUT2D eigenvalue weighted by Crippen LogP contribution is -2.09. The molecule has 0 bridgehead atoms. The number of hydrogen-bond donors (Lipinski definition) is 0. The van der Waals surface area contributed by atoms with Gasteiger partial charge in [-0.25, -0.2) is 4.39 Å². The van der Waals surface area contributed by atoms with Crippen molar-refractivity contribution in [2.24, 2.45) is 0 Å². The molecule has 1 atom stereocenters. The topological polar surface area (TPSA) is 25.8 Å². The van der Waals surface area contributed by atoms with Gasteiger partial charge < -0.3 is 0 Å². The molecular formula is C22H31FN2. The third-order valence-corrected chi connectivity index (χ3v) is 4.72. The van der Waals surface area contributed by atoms with Gasteiger partial charge in [-0.05, 0) is 47.4 Å². The summed E-state index contributed by atoms with van der Waals surface area (Å²) < 4.78 is 14.5. The lowest BCUT2D eigenvalue weighted by Gasteiger charge is -2.18. The van der Waals surface area contributed by atoms with E-state index < -0.39 is 0 Å². The molecule has 1 unspecified atom stereocenters. The van der Waals surface area contributed by atoms with Crippen LogP contribution in [-0.2, 0) is 6.42 Å². The molecule has 0 saturated carbocycles. The summed E-state index contributed by atoms with van der Waals surface area (Å²) in [6.07, 6.45) is 2.50. The molecule has 0 aliphatic rings. The van der Waals surface area contributed by atoms with Crippen LogP contribution in [0.4, 0.5) is 4.39 Å². The van der Waals surface area contributed by atoms with Crippen molar-refractivity contribution in [3.63, 3.8) is 0 Å². The Labute approximate surface area is 151 Å². The second kappa shape index (κ2) is 8.07. The Morgan fingerprint density at radius 1 is 0.880 bits per heavy atom. The fraction of sp³-hybridized carbons (Fsp3) is 0.545. The summed E-state index contributed by atoms with van der Waals surface area (Å²) in [5.41, 5.74) is 4.94. The fourth-order valence-corrected chi connectivity index (χ4v) is 3.14. The van der Waals surface area contributed by atoms with Crippen molar-refractivity contribution in [3.05, 3.63) is 58.4 Å². The van der Waals surface area contributed by atoms with Gasteiger partial charge in [0.25, 0.3) is 0 Å². The molecular weight excluding hydrogens is 311 g/mol. The highest BCUT2D eigenvalue weighted by atomic mass is 19.1. The Kier molecular flexibility index (Phi) is 6.31. The van der Waals surface area contributed by atoms with E-state index in [4.69, 9.17) is 4.98 Å². The summed E-state index contributed by atoms with van der Waals surface area (Å²) in [6, 6.07) is 5.89. The van der Waals surface area contributed by atoms with Gasteiger partial charge in [-0.2, -0.15) is 0 Å². The lowest BCUT2D eigenvalue weighted by atomic mass is 9.93. The molecule has 136 valence electrons. The first kappa shape index (κ1) is 19.6. The average molecular weight is 343 g/mol. The average Bonchev–Trinajstić information content (AvgIpc) is 2.54. The molecule has 2 nitrogen and oxygen atoms in total. The highest BCUT2D eigenvalue weighted by molar-refractivity contribution is 5.29. The maximum Gasteiger partial charge on any atom is 0.145 e. The van der Waals surface area contributed by atoms with E-state index in [0.717, 1.165) is 17.0 Å². The third-order valence-electron chi connectivity index (χ3n) is 4.72. The molecule has 0 amide bonds. The molecule has 25 heavy (non-hydrogen) atoms. The van der Waals surface area contributed by atoms with E-state index in [1.54, 1.807) is 12.3 Å². The second-order valence-electron chi connectivity index (χ2n) is 7.98. The highest BCUT2D eigenvalue weighted by Crippen LogP contribution is 2.27. The minimum absolute atomic E-state index is 0.00127. The number of nitrogens with zero attached hydrogens (tertiary/aromatic N) is 2. The summed E-state index contributed by atoms with van der Waals surface area (Å²) in [6.45, 7) is 14.9. The number of halogens is 1. The molecule has 0 N–H and O–H groups in total. The van der Waals surface area contributed by atoms with Crippen LogP contribution in [0.3, 0.4) is 0 Å². The van der Waals surface area contributed by atoms with Crippen LogP contribution in [0.25, 0.3) is 0 Å². The predicted molar refractivity (Wildman–Crippen MR) is 103 cm³/mol. The minimum Gasteiger partial charge on any atom is -0.258 e. The maximum absolute atomic E-state index is 14.5. The van der Waals surface area contributed by atoms with Crippen LogP contribution in [0, 0.1) is 5.82 Å². The largest absolute Gasteiger partial charge is 0.258 e. The Bertz CT molecular complexity index is 720. The molecule has 0 radical (unpaired) electrons. The first-order valence-electron chi connectivity index (χ1n) is 9.35. The smallest absolute Gasteiger partial charge is 0.145 e. The summed E-state index contributed by atoms with van der Waals surface area (Å²) in [5, 5.41) is 0. The zero-order valence-corrected chi connectivity index (χ0v) is 16.6. The van der Waals surface area contributed by atoms with Crippen LogP contribution in [0.1, 0.15) is 100 Å². The van der Waals surface area contributed by atoms with Crippen molar-refractivity contribution >= 4 is 0 Å². The maximum atomic E-state index is 14.5. The summed E-state index contributed by atoms with van der Waals surface area (Å²) in [7, 11) is 0. The standard InChI is InChI=1S/C22H31FN2/c1-13(2)17-11-20(23)22(24-12-17)16(7)10-18-8-9-19(14(3)4)21(25-18)15(5)6/h8-9,11-16H,10H2,1-7H3.